The predicted octanol–water partition coefficient (Wildman–Crippen LogP) is 2.23. The number of rotatable bonds is 8. The molecule has 116 valence electrons. The van der Waals surface area contributed by atoms with Gasteiger partial charge in [0.25, 0.3) is 0 Å². The van der Waals surface area contributed by atoms with Crippen LogP contribution in [0, 0.1) is 0 Å². The van der Waals surface area contributed by atoms with Crippen LogP contribution in [0.15, 0.2) is 54.6 Å². The molecule has 0 unspecified atom stereocenters. The van der Waals surface area contributed by atoms with Crippen molar-refractivity contribution in [2.45, 2.75) is 6.42 Å². The second kappa shape index (κ2) is 8.56. The van der Waals surface area contributed by atoms with Gasteiger partial charge in [0.1, 0.15) is 18.1 Å². The first-order chi connectivity index (χ1) is 10.7. The van der Waals surface area contributed by atoms with Crippen LogP contribution in [0.4, 0.5) is 5.69 Å². The number of ether oxygens (including phenoxy) is 2. The maximum atomic E-state index is 11.6. The molecular formula is C17H20N2O3. The van der Waals surface area contributed by atoms with Gasteiger partial charge >= 0.3 is 0 Å². The molecule has 0 aliphatic heterocycles. The van der Waals surface area contributed by atoms with Gasteiger partial charge < -0.3 is 20.5 Å². The van der Waals surface area contributed by atoms with Crippen molar-refractivity contribution in [3.05, 3.63) is 54.6 Å². The van der Waals surface area contributed by atoms with Gasteiger partial charge in [-0.3, -0.25) is 4.79 Å². The van der Waals surface area contributed by atoms with Gasteiger partial charge in [-0.2, -0.15) is 0 Å². The summed E-state index contributed by atoms with van der Waals surface area (Å²) in [7, 11) is 0. The zero-order chi connectivity index (χ0) is 15.6. The van der Waals surface area contributed by atoms with Crippen molar-refractivity contribution in [2.75, 3.05) is 25.5 Å². The average Bonchev–Trinajstić information content (AvgIpc) is 2.53. The minimum atomic E-state index is -0.0629. The lowest BCUT2D eigenvalue weighted by Crippen LogP contribution is -2.29. The van der Waals surface area contributed by atoms with Gasteiger partial charge in [0.2, 0.25) is 5.91 Å². The lowest BCUT2D eigenvalue weighted by atomic mass is 10.3. The maximum absolute atomic E-state index is 11.6. The summed E-state index contributed by atoms with van der Waals surface area (Å²) in [6.45, 7) is 1.19. The molecule has 0 aliphatic rings. The van der Waals surface area contributed by atoms with Crippen molar-refractivity contribution >= 4 is 11.6 Å². The molecule has 0 saturated heterocycles. The van der Waals surface area contributed by atoms with Crippen molar-refractivity contribution in [1.29, 1.82) is 0 Å². The summed E-state index contributed by atoms with van der Waals surface area (Å²) in [4.78, 5) is 11.6. The average molecular weight is 300 g/mol. The lowest BCUT2D eigenvalue weighted by Gasteiger charge is -2.09. The minimum Gasteiger partial charge on any atom is -0.493 e. The molecule has 0 saturated carbocycles. The SMILES string of the molecule is Nc1cccc(OCCNC(=O)CCOc2ccccc2)c1. The number of amides is 1. The number of carbonyl (C=O) groups is 1. The summed E-state index contributed by atoms with van der Waals surface area (Å²) in [5.74, 6) is 1.40. The molecule has 0 aliphatic carbocycles. The van der Waals surface area contributed by atoms with Gasteiger partial charge in [-0.25, -0.2) is 0 Å². The van der Waals surface area contributed by atoms with E-state index in [1.165, 1.54) is 0 Å². The Labute approximate surface area is 130 Å². The second-order valence-corrected chi connectivity index (χ2v) is 4.68. The van der Waals surface area contributed by atoms with E-state index >= 15 is 0 Å². The maximum Gasteiger partial charge on any atom is 0.223 e. The Hall–Kier alpha value is -2.69. The molecule has 0 fully saturated rings. The van der Waals surface area contributed by atoms with Crippen molar-refractivity contribution in [3.8, 4) is 11.5 Å². The number of para-hydroxylation sites is 1. The summed E-state index contributed by atoms with van der Waals surface area (Å²) in [6.07, 6.45) is 0.313. The third kappa shape index (κ3) is 5.75. The molecule has 1 amide bonds. The Morgan fingerprint density at radius 2 is 1.68 bits per heavy atom. The second-order valence-electron chi connectivity index (χ2n) is 4.68. The highest BCUT2D eigenvalue weighted by atomic mass is 16.5. The zero-order valence-electron chi connectivity index (χ0n) is 12.3. The summed E-state index contributed by atoms with van der Waals surface area (Å²) in [6, 6.07) is 16.6. The quantitative estimate of drug-likeness (QED) is 0.579. The molecule has 2 aromatic carbocycles. The van der Waals surface area contributed by atoms with Crippen LogP contribution in [-0.4, -0.2) is 25.7 Å². The molecule has 3 N–H and O–H groups in total. The summed E-state index contributed by atoms with van der Waals surface area (Å²) in [5.41, 5.74) is 6.30. The third-order valence-electron chi connectivity index (χ3n) is 2.89. The first-order valence-corrected chi connectivity index (χ1v) is 7.17. The van der Waals surface area contributed by atoms with Gasteiger partial charge in [0.05, 0.1) is 19.6 Å². The number of carbonyl (C=O) groups excluding carboxylic acids is 1. The monoisotopic (exact) mass is 300 g/mol. The lowest BCUT2D eigenvalue weighted by molar-refractivity contribution is -0.121. The van der Waals surface area contributed by atoms with Crippen molar-refractivity contribution in [2.24, 2.45) is 0 Å². The highest BCUT2D eigenvalue weighted by molar-refractivity contribution is 5.75. The molecule has 0 atom stereocenters. The molecule has 0 radical (unpaired) electrons. The van der Waals surface area contributed by atoms with Crippen LogP contribution in [-0.2, 0) is 4.79 Å². The zero-order valence-corrected chi connectivity index (χ0v) is 12.3. The Kier molecular flexibility index (Phi) is 6.11. The molecule has 0 aromatic heterocycles. The fourth-order valence-electron chi connectivity index (χ4n) is 1.83. The molecule has 2 aromatic rings. The van der Waals surface area contributed by atoms with Crippen molar-refractivity contribution in [1.82, 2.24) is 5.32 Å². The number of anilines is 1. The van der Waals surface area contributed by atoms with Crippen LogP contribution < -0.4 is 20.5 Å². The van der Waals surface area contributed by atoms with E-state index in [0.717, 1.165) is 5.75 Å². The molecule has 2 rings (SSSR count). The van der Waals surface area contributed by atoms with Gasteiger partial charge in [-0.05, 0) is 24.3 Å². The number of nitrogens with one attached hydrogen (secondary N) is 1. The van der Waals surface area contributed by atoms with Gasteiger partial charge in [0, 0.05) is 11.8 Å². The summed E-state index contributed by atoms with van der Waals surface area (Å²) >= 11 is 0. The number of hydrogen-bond acceptors (Lipinski definition) is 4. The molecule has 5 heteroatoms. The number of benzene rings is 2. The van der Waals surface area contributed by atoms with Crippen LogP contribution in [0.2, 0.25) is 0 Å². The molecule has 22 heavy (non-hydrogen) atoms. The number of nitrogens with two attached hydrogens (primary N) is 1. The Balaban J connectivity index is 1.56. The van der Waals surface area contributed by atoms with Gasteiger partial charge in [-0.15, -0.1) is 0 Å². The molecule has 5 nitrogen and oxygen atoms in total. The highest BCUT2D eigenvalue weighted by Crippen LogP contribution is 2.13. The Bertz CT molecular complexity index is 587. The Morgan fingerprint density at radius 1 is 0.955 bits per heavy atom. The van der Waals surface area contributed by atoms with Crippen molar-refractivity contribution in [3.63, 3.8) is 0 Å². The van der Waals surface area contributed by atoms with E-state index in [0.29, 0.717) is 37.6 Å². The minimum absolute atomic E-state index is 0.0629. The van der Waals surface area contributed by atoms with Crippen LogP contribution in [0.5, 0.6) is 11.5 Å². The highest BCUT2D eigenvalue weighted by Gasteiger charge is 2.02. The first kappa shape index (κ1) is 15.7. The summed E-state index contributed by atoms with van der Waals surface area (Å²) in [5, 5.41) is 2.78. The van der Waals surface area contributed by atoms with Crippen LogP contribution >= 0.6 is 0 Å². The van der Waals surface area contributed by atoms with E-state index in [9.17, 15) is 4.79 Å². The van der Waals surface area contributed by atoms with E-state index in [-0.39, 0.29) is 5.91 Å². The fraction of sp³-hybridized carbons (Fsp3) is 0.235. The van der Waals surface area contributed by atoms with E-state index in [1.807, 2.05) is 42.5 Å². The number of hydrogen-bond donors (Lipinski definition) is 2. The van der Waals surface area contributed by atoms with Crippen LogP contribution in [0.1, 0.15) is 6.42 Å². The van der Waals surface area contributed by atoms with Gasteiger partial charge in [0.15, 0.2) is 0 Å². The normalized spacial score (nSPS) is 10.0. The fourth-order valence-corrected chi connectivity index (χ4v) is 1.83. The van der Waals surface area contributed by atoms with Gasteiger partial charge in [-0.1, -0.05) is 24.3 Å². The molecule has 0 heterocycles. The standard InChI is InChI=1S/C17H20N2O3/c18-14-5-4-8-16(13-14)22-12-10-19-17(20)9-11-21-15-6-2-1-3-7-15/h1-8,13H,9-12,18H2,(H,19,20). The largest absolute Gasteiger partial charge is 0.493 e. The topological polar surface area (TPSA) is 73.6 Å². The smallest absolute Gasteiger partial charge is 0.223 e. The molecular weight excluding hydrogens is 280 g/mol. The van der Waals surface area contributed by atoms with Crippen molar-refractivity contribution < 1.29 is 14.3 Å². The van der Waals surface area contributed by atoms with E-state index in [4.69, 9.17) is 15.2 Å². The van der Waals surface area contributed by atoms with E-state index in [2.05, 4.69) is 5.32 Å². The van der Waals surface area contributed by atoms with E-state index < -0.39 is 0 Å². The molecule has 0 bridgehead atoms. The third-order valence-corrected chi connectivity index (χ3v) is 2.89. The summed E-state index contributed by atoms with van der Waals surface area (Å²) < 4.78 is 10.9. The van der Waals surface area contributed by atoms with Crippen LogP contribution in [0.25, 0.3) is 0 Å². The van der Waals surface area contributed by atoms with Crippen LogP contribution in [0.3, 0.4) is 0 Å². The number of nitrogen functional groups attached to an aromatic ring is 1. The first-order valence-electron chi connectivity index (χ1n) is 7.17. The molecule has 0 spiro atoms. The Morgan fingerprint density at radius 3 is 2.45 bits per heavy atom. The van der Waals surface area contributed by atoms with E-state index in [1.54, 1.807) is 12.1 Å². The predicted molar refractivity (Wildman–Crippen MR) is 85.9 cm³/mol.